The molecule has 1 aromatic carbocycles. The Morgan fingerprint density at radius 2 is 1.74 bits per heavy atom. The van der Waals surface area contributed by atoms with Crippen molar-refractivity contribution in [2.24, 2.45) is 0 Å². The van der Waals surface area contributed by atoms with Crippen molar-refractivity contribution < 1.29 is 35.8 Å². The smallest absolute Gasteiger partial charge is 0.417 e. The monoisotopic (exact) mass is 488 g/mol. The second kappa shape index (κ2) is 10.1. The van der Waals surface area contributed by atoms with Crippen LogP contribution in [0.15, 0.2) is 48.7 Å². The van der Waals surface area contributed by atoms with Crippen LogP contribution in [0.5, 0.6) is 11.5 Å². The maximum atomic E-state index is 13.2. The highest BCUT2D eigenvalue weighted by Crippen LogP contribution is 2.38. The van der Waals surface area contributed by atoms with E-state index in [1.807, 2.05) is 11.8 Å². The van der Waals surface area contributed by atoms with E-state index < -0.39 is 23.5 Å². The van der Waals surface area contributed by atoms with Crippen LogP contribution in [0.1, 0.15) is 44.2 Å². The number of aromatic nitrogens is 1. The number of hydrogen-bond acceptors (Lipinski definition) is 4. The third-order valence-electron chi connectivity index (χ3n) is 5.55. The van der Waals surface area contributed by atoms with Crippen LogP contribution in [0.3, 0.4) is 0 Å². The Bertz CT molecular complexity index is 988. The van der Waals surface area contributed by atoms with Gasteiger partial charge in [-0.25, -0.2) is 4.98 Å². The van der Waals surface area contributed by atoms with Crippen molar-refractivity contribution in [2.45, 2.75) is 57.6 Å². The Balaban J connectivity index is 1.74. The second-order valence-corrected chi connectivity index (χ2v) is 8.33. The zero-order chi connectivity index (χ0) is 25.1. The number of rotatable bonds is 7. The number of pyridine rings is 1. The summed E-state index contributed by atoms with van der Waals surface area (Å²) in [5.74, 6) is 0.631. The highest BCUT2D eigenvalue weighted by molar-refractivity contribution is 5.45. The Morgan fingerprint density at radius 1 is 1.06 bits per heavy atom. The fourth-order valence-electron chi connectivity index (χ4n) is 3.81. The van der Waals surface area contributed by atoms with Gasteiger partial charge in [-0.05, 0) is 49.2 Å². The normalized spacial score (nSPS) is 19.1. The fourth-order valence-corrected chi connectivity index (χ4v) is 3.81. The van der Waals surface area contributed by atoms with Crippen molar-refractivity contribution in [1.29, 1.82) is 0 Å². The number of ether oxygens (including phenoxy) is 2. The average molecular weight is 488 g/mol. The third-order valence-corrected chi connectivity index (χ3v) is 5.55. The Kier molecular flexibility index (Phi) is 7.67. The number of piperidine rings is 1. The van der Waals surface area contributed by atoms with Crippen molar-refractivity contribution in [3.63, 3.8) is 0 Å². The summed E-state index contributed by atoms with van der Waals surface area (Å²) >= 11 is 0. The molecule has 34 heavy (non-hydrogen) atoms. The highest BCUT2D eigenvalue weighted by atomic mass is 19.4. The molecule has 186 valence electrons. The van der Waals surface area contributed by atoms with Crippen LogP contribution in [0.25, 0.3) is 0 Å². The molecule has 2 heterocycles. The molecule has 2 atom stereocenters. The van der Waals surface area contributed by atoms with E-state index in [2.05, 4.69) is 11.6 Å². The molecule has 0 aliphatic carbocycles. The minimum atomic E-state index is -4.52. The maximum absolute atomic E-state index is 13.2. The SMILES string of the molecule is C=C(C)COc1cc(C(F)(F)F)ccc1O[C@H]1CCN(c2ccc(C(F)(F)F)cn2)[C@@H](CC)C1. The quantitative estimate of drug-likeness (QED) is 0.314. The number of halogens is 6. The van der Waals surface area contributed by atoms with Gasteiger partial charge in [0, 0.05) is 31.6 Å². The first kappa shape index (κ1) is 25.7. The highest BCUT2D eigenvalue weighted by Gasteiger charge is 2.34. The number of hydrogen-bond donors (Lipinski definition) is 0. The first-order chi connectivity index (χ1) is 15.9. The molecule has 0 N–H and O–H groups in total. The Labute approximate surface area is 194 Å². The van der Waals surface area contributed by atoms with Gasteiger partial charge < -0.3 is 14.4 Å². The molecule has 4 nitrogen and oxygen atoms in total. The molecular weight excluding hydrogens is 462 g/mol. The maximum Gasteiger partial charge on any atom is 0.417 e. The summed E-state index contributed by atoms with van der Waals surface area (Å²) in [5, 5.41) is 0. The number of nitrogens with zero attached hydrogens (tertiary/aromatic N) is 2. The van der Waals surface area contributed by atoms with Crippen LogP contribution in [-0.2, 0) is 12.4 Å². The van der Waals surface area contributed by atoms with Crippen molar-refractivity contribution in [2.75, 3.05) is 18.1 Å². The molecule has 1 aliphatic rings. The lowest BCUT2D eigenvalue weighted by Gasteiger charge is -2.40. The van der Waals surface area contributed by atoms with Gasteiger partial charge in [-0.1, -0.05) is 13.5 Å². The lowest BCUT2D eigenvalue weighted by Crippen LogP contribution is -2.46. The molecule has 1 fully saturated rings. The van der Waals surface area contributed by atoms with E-state index in [-0.39, 0.29) is 30.3 Å². The van der Waals surface area contributed by atoms with Gasteiger partial charge in [-0.3, -0.25) is 0 Å². The summed E-state index contributed by atoms with van der Waals surface area (Å²) in [7, 11) is 0. The molecule has 1 aromatic heterocycles. The van der Waals surface area contributed by atoms with Crippen LogP contribution in [0, 0.1) is 0 Å². The summed E-state index contributed by atoms with van der Waals surface area (Å²) in [6.45, 7) is 7.87. The lowest BCUT2D eigenvalue weighted by atomic mass is 9.97. The molecule has 0 saturated carbocycles. The van der Waals surface area contributed by atoms with Gasteiger partial charge in [0.2, 0.25) is 0 Å². The van der Waals surface area contributed by atoms with E-state index in [9.17, 15) is 26.3 Å². The lowest BCUT2D eigenvalue weighted by molar-refractivity contribution is -0.138. The van der Waals surface area contributed by atoms with E-state index in [1.54, 1.807) is 6.92 Å². The molecule has 2 aromatic rings. The summed E-state index contributed by atoms with van der Waals surface area (Å²) in [6.07, 6.45) is -6.73. The third kappa shape index (κ3) is 6.36. The van der Waals surface area contributed by atoms with Crippen LogP contribution in [-0.4, -0.2) is 30.3 Å². The summed E-state index contributed by atoms with van der Waals surface area (Å²) < 4.78 is 89.6. The standard InChI is InChI=1S/C24H26F6N2O2/c1-4-18-12-19(9-10-32(18)22-8-6-17(13-31-22)24(28,29)30)34-20-7-5-16(23(25,26)27)11-21(20)33-14-15(2)3/h5-8,11,13,18-19H,2,4,9-10,12,14H2,1,3H3/t18-,19-/m0/s1. The van der Waals surface area contributed by atoms with E-state index in [4.69, 9.17) is 9.47 Å². The summed E-state index contributed by atoms with van der Waals surface area (Å²) in [4.78, 5) is 5.93. The van der Waals surface area contributed by atoms with Crippen molar-refractivity contribution in [3.05, 3.63) is 59.8 Å². The van der Waals surface area contributed by atoms with Gasteiger partial charge in [-0.15, -0.1) is 0 Å². The minimum Gasteiger partial charge on any atom is -0.486 e. The van der Waals surface area contributed by atoms with Gasteiger partial charge in [0.05, 0.1) is 11.1 Å². The van der Waals surface area contributed by atoms with E-state index in [0.717, 1.165) is 24.4 Å². The first-order valence-electron chi connectivity index (χ1n) is 10.8. The first-order valence-corrected chi connectivity index (χ1v) is 10.8. The zero-order valence-corrected chi connectivity index (χ0v) is 18.8. The topological polar surface area (TPSA) is 34.6 Å². The number of alkyl halides is 6. The molecule has 10 heteroatoms. The van der Waals surface area contributed by atoms with Crippen LogP contribution in [0.4, 0.5) is 32.2 Å². The predicted molar refractivity (Wildman–Crippen MR) is 116 cm³/mol. The van der Waals surface area contributed by atoms with Gasteiger partial charge in [-0.2, -0.15) is 26.3 Å². The number of anilines is 1. The molecule has 1 aliphatic heterocycles. The van der Waals surface area contributed by atoms with Gasteiger partial charge in [0.15, 0.2) is 11.5 Å². The molecule has 0 bridgehead atoms. The molecule has 3 rings (SSSR count). The van der Waals surface area contributed by atoms with Crippen molar-refractivity contribution in [1.82, 2.24) is 4.98 Å². The second-order valence-electron chi connectivity index (χ2n) is 8.33. The fraction of sp³-hybridized carbons (Fsp3) is 0.458. The van der Waals surface area contributed by atoms with E-state index in [1.165, 1.54) is 12.1 Å². The average Bonchev–Trinajstić information content (AvgIpc) is 2.77. The Morgan fingerprint density at radius 3 is 2.29 bits per heavy atom. The largest absolute Gasteiger partial charge is 0.486 e. The van der Waals surface area contributed by atoms with Gasteiger partial charge in [0.25, 0.3) is 0 Å². The molecule has 0 unspecified atom stereocenters. The van der Waals surface area contributed by atoms with Crippen molar-refractivity contribution in [3.8, 4) is 11.5 Å². The molecule has 1 saturated heterocycles. The Hall–Kier alpha value is -2.91. The van der Waals surface area contributed by atoms with E-state index in [0.29, 0.717) is 37.2 Å². The summed E-state index contributed by atoms with van der Waals surface area (Å²) in [5.41, 5.74) is -1.01. The van der Waals surface area contributed by atoms with Gasteiger partial charge >= 0.3 is 12.4 Å². The summed E-state index contributed by atoms with van der Waals surface area (Å²) in [6, 6.07) is 5.41. The molecular formula is C24H26F6N2O2. The van der Waals surface area contributed by atoms with Crippen LogP contribution < -0.4 is 14.4 Å². The molecule has 0 amide bonds. The van der Waals surface area contributed by atoms with E-state index >= 15 is 0 Å². The minimum absolute atomic E-state index is 0.0160. The molecule has 0 spiro atoms. The number of benzene rings is 1. The zero-order valence-electron chi connectivity index (χ0n) is 18.8. The van der Waals surface area contributed by atoms with Crippen molar-refractivity contribution >= 4 is 5.82 Å². The molecule has 0 radical (unpaired) electrons. The van der Waals surface area contributed by atoms with Crippen LogP contribution in [0.2, 0.25) is 0 Å². The van der Waals surface area contributed by atoms with Crippen LogP contribution >= 0.6 is 0 Å². The predicted octanol–water partition coefficient (Wildman–Crippen LogP) is 6.90. The van der Waals surface area contributed by atoms with Gasteiger partial charge in [0.1, 0.15) is 18.5 Å².